The SMILES string of the molecule is CNC(C)CC1CCN(c2ccc(OC)cc2)C1. The van der Waals surface area contributed by atoms with E-state index in [0.29, 0.717) is 6.04 Å². The van der Waals surface area contributed by atoms with Crippen molar-refractivity contribution in [2.24, 2.45) is 5.92 Å². The molecule has 2 rings (SSSR count). The van der Waals surface area contributed by atoms with Gasteiger partial charge in [0.25, 0.3) is 0 Å². The molecule has 0 saturated carbocycles. The molecule has 1 aromatic carbocycles. The van der Waals surface area contributed by atoms with Gasteiger partial charge in [-0.25, -0.2) is 0 Å². The summed E-state index contributed by atoms with van der Waals surface area (Å²) < 4.78 is 5.19. The number of hydrogen-bond donors (Lipinski definition) is 1. The summed E-state index contributed by atoms with van der Waals surface area (Å²) in [5, 5.41) is 3.33. The average Bonchev–Trinajstić information content (AvgIpc) is 2.87. The largest absolute Gasteiger partial charge is 0.497 e. The van der Waals surface area contributed by atoms with E-state index in [1.165, 1.54) is 31.6 Å². The van der Waals surface area contributed by atoms with Gasteiger partial charge < -0.3 is 15.0 Å². The summed E-state index contributed by atoms with van der Waals surface area (Å²) in [6.45, 7) is 4.61. The van der Waals surface area contributed by atoms with E-state index >= 15 is 0 Å². The first kappa shape index (κ1) is 13.2. The molecule has 1 heterocycles. The Morgan fingerprint density at radius 3 is 2.72 bits per heavy atom. The van der Waals surface area contributed by atoms with Crippen LogP contribution in [0.1, 0.15) is 19.8 Å². The second-order valence-corrected chi connectivity index (χ2v) is 5.22. The second kappa shape index (κ2) is 6.10. The molecule has 2 atom stereocenters. The predicted molar refractivity (Wildman–Crippen MR) is 76.5 cm³/mol. The fourth-order valence-corrected chi connectivity index (χ4v) is 2.67. The summed E-state index contributed by atoms with van der Waals surface area (Å²) in [5.74, 6) is 1.74. The summed E-state index contributed by atoms with van der Waals surface area (Å²) in [6, 6.07) is 9.01. The molecule has 1 aliphatic heterocycles. The third kappa shape index (κ3) is 3.16. The van der Waals surface area contributed by atoms with E-state index in [0.717, 1.165) is 11.7 Å². The number of methoxy groups -OCH3 is 1. The first-order valence-corrected chi connectivity index (χ1v) is 6.79. The highest BCUT2D eigenvalue weighted by Crippen LogP contribution is 2.27. The minimum atomic E-state index is 0.616. The fourth-order valence-electron chi connectivity index (χ4n) is 2.67. The minimum Gasteiger partial charge on any atom is -0.497 e. The smallest absolute Gasteiger partial charge is 0.119 e. The van der Waals surface area contributed by atoms with Crippen LogP contribution in [-0.4, -0.2) is 33.3 Å². The number of ether oxygens (including phenoxy) is 1. The van der Waals surface area contributed by atoms with Crippen LogP contribution in [0.2, 0.25) is 0 Å². The van der Waals surface area contributed by atoms with Gasteiger partial charge in [0.1, 0.15) is 5.75 Å². The van der Waals surface area contributed by atoms with Gasteiger partial charge in [0.2, 0.25) is 0 Å². The van der Waals surface area contributed by atoms with E-state index < -0.39 is 0 Å². The Morgan fingerprint density at radius 2 is 2.11 bits per heavy atom. The maximum atomic E-state index is 5.19. The molecular formula is C15H24N2O. The van der Waals surface area contributed by atoms with Crippen LogP contribution in [-0.2, 0) is 0 Å². The topological polar surface area (TPSA) is 24.5 Å². The number of nitrogens with zero attached hydrogens (tertiary/aromatic N) is 1. The first-order chi connectivity index (χ1) is 8.72. The molecule has 3 heteroatoms. The molecule has 0 amide bonds. The molecule has 1 saturated heterocycles. The highest BCUT2D eigenvalue weighted by Gasteiger charge is 2.23. The van der Waals surface area contributed by atoms with E-state index in [9.17, 15) is 0 Å². The minimum absolute atomic E-state index is 0.616. The van der Waals surface area contributed by atoms with E-state index in [2.05, 4.69) is 29.3 Å². The van der Waals surface area contributed by atoms with E-state index in [4.69, 9.17) is 4.74 Å². The Morgan fingerprint density at radius 1 is 1.39 bits per heavy atom. The third-order valence-electron chi connectivity index (χ3n) is 3.90. The highest BCUT2D eigenvalue weighted by molar-refractivity contribution is 5.49. The summed E-state index contributed by atoms with van der Waals surface area (Å²) >= 11 is 0. The van der Waals surface area contributed by atoms with Gasteiger partial charge in [-0.3, -0.25) is 0 Å². The van der Waals surface area contributed by atoms with Crippen LogP contribution < -0.4 is 15.0 Å². The van der Waals surface area contributed by atoms with Gasteiger partial charge in [-0.1, -0.05) is 0 Å². The fraction of sp³-hybridized carbons (Fsp3) is 0.600. The van der Waals surface area contributed by atoms with Crippen molar-refractivity contribution in [3.63, 3.8) is 0 Å². The second-order valence-electron chi connectivity index (χ2n) is 5.22. The van der Waals surface area contributed by atoms with Crippen molar-refractivity contribution < 1.29 is 4.74 Å². The lowest BCUT2D eigenvalue weighted by atomic mass is 10.0. The van der Waals surface area contributed by atoms with Crippen LogP contribution in [0.5, 0.6) is 5.75 Å². The van der Waals surface area contributed by atoms with Crippen LogP contribution >= 0.6 is 0 Å². The van der Waals surface area contributed by atoms with Crippen molar-refractivity contribution in [3.8, 4) is 5.75 Å². The van der Waals surface area contributed by atoms with E-state index in [-0.39, 0.29) is 0 Å². The Bertz CT molecular complexity index is 363. The maximum absolute atomic E-state index is 5.19. The molecule has 0 aromatic heterocycles. The summed E-state index contributed by atoms with van der Waals surface area (Å²) in [5.41, 5.74) is 1.32. The van der Waals surface area contributed by atoms with Crippen molar-refractivity contribution in [2.75, 3.05) is 32.1 Å². The zero-order chi connectivity index (χ0) is 13.0. The highest BCUT2D eigenvalue weighted by atomic mass is 16.5. The molecule has 0 spiro atoms. The number of anilines is 1. The quantitative estimate of drug-likeness (QED) is 0.866. The monoisotopic (exact) mass is 248 g/mol. The van der Waals surface area contributed by atoms with Gasteiger partial charge in [-0.15, -0.1) is 0 Å². The predicted octanol–water partition coefficient (Wildman–Crippen LogP) is 2.52. The van der Waals surface area contributed by atoms with Gasteiger partial charge >= 0.3 is 0 Å². The number of nitrogens with one attached hydrogen (secondary N) is 1. The molecule has 1 N–H and O–H groups in total. The molecule has 1 aliphatic rings. The van der Waals surface area contributed by atoms with Gasteiger partial charge in [-0.05, 0) is 57.0 Å². The van der Waals surface area contributed by atoms with Crippen LogP contribution in [0.15, 0.2) is 24.3 Å². The van der Waals surface area contributed by atoms with Crippen molar-refractivity contribution >= 4 is 5.69 Å². The van der Waals surface area contributed by atoms with Crippen molar-refractivity contribution in [1.29, 1.82) is 0 Å². The Balaban J connectivity index is 1.91. The molecule has 100 valence electrons. The molecule has 3 nitrogen and oxygen atoms in total. The Kier molecular flexibility index (Phi) is 4.48. The molecule has 1 aromatic rings. The lowest BCUT2D eigenvalue weighted by Crippen LogP contribution is -2.26. The number of benzene rings is 1. The maximum Gasteiger partial charge on any atom is 0.119 e. The number of rotatable bonds is 5. The Hall–Kier alpha value is -1.22. The van der Waals surface area contributed by atoms with Crippen LogP contribution in [0.3, 0.4) is 0 Å². The average molecular weight is 248 g/mol. The van der Waals surface area contributed by atoms with Crippen molar-refractivity contribution in [1.82, 2.24) is 5.32 Å². The molecule has 0 aliphatic carbocycles. The van der Waals surface area contributed by atoms with Gasteiger partial charge in [0, 0.05) is 24.8 Å². The lowest BCUT2D eigenvalue weighted by Gasteiger charge is -2.20. The van der Waals surface area contributed by atoms with E-state index in [1.54, 1.807) is 7.11 Å². The van der Waals surface area contributed by atoms with Crippen molar-refractivity contribution in [3.05, 3.63) is 24.3 Å². The van der Waals surface area contributed by atoms with Gasteiger partial charge in [0.05, 0.1) is 7.11 Å². The normalized spacial score (nSPS) is 21.1. The zero-order valence-electron chi connectivity index (χ0n) is 11.6. The van der Waals surface area contributed by atoms with Gasteiger partial charge in [0.15, 0.2) is 0 Å². The summed E-state index contributed by atoms with van der Waals surface area (Å²) in [4.78, 5) is 2.48. The molecule has 1 fully saturated rings. The van der Waals surface area contributed by atoms with Crippen molar-refractivity contribution in [2.45, 2.75) is 25.8 Å². The van der Waals surface area contributed by atoms with Gasteiger partial charge in [-0.2, -0.15) is 0 Å². The molecular weight excluding hydrogens is 224 g/mol. The molecule has 2 unspecified atom stereocenters. The van der Waals surface area contributed by atoms with Crippen LogP contribution in [0.25, 0.3) is 0 Å². The van der Waals surface area contributed by atoms with Crippen LogP contribution in [0, 0.1) is 5.92 Å². The summed E-state index contributed by atoms with van der Waals surface area (Å²) in [7, 11) is 3.75. The summed E-state index contributed by atoms with van der Waals surface area (Å²) in [6.07, 6.45) is 2.57. The van der Waals surface area contributed by atoms with E-state index in [1.807, 2.05) is 19.2 Å². The zero-order valence-corrected chi connectivity index (χ0v) is 11.6. The molecule has 0 bridgehead atoms. The van der Waals surface area contributed by atoms with Crippen LogP contribution in [0.4, 0.5) is 5.69 Å². The number of hydrogen-bond acceptors (Lipinski definition) is 3. The lowest BCUT2D eigenvalue weighted by molar-refractivity contribution is 0.415. The third-order valence-corrected chi connectivity index (χ3v) is 3.90. The molecule has 18 heavy (non-hydrogen) atoms. The first-order valence-electron chi connectivity index (χ1n) is 6.79. The molecule has 0 radical (unpaired) electrons. The standard InChI is InChI=1S/C15H24N2O/c1-12(16-2)10-13-8-9-17(11-13)14-4-6-15(18-3)7-5-14/h4-7,12-13,16H,8-11H2,1-3H3. The Labute approximate surface area is 110 Å².